The van der Waals surface area contributed by atoms with Gasteiger partial charge in [0.25, 0.3) is 5.91 Å². The van der Waals surface area contributed by atoms with Gasteiger partial charge in [0, 0.05) is 18.7 Å². The second kappa shape index (κ2) is 8.67. The lowest BCUT2D eigenvalue weighted by Crippen LogP contribution is -2.27. The van der Waals surface area contributed by atoms with Crippen LogP contribution in [0.25, 0.3) is 0 Å². The van der Waals surface area contributed by atoms with E-state index in [0.717, 1.165) is 25.2 Å². The van der Waals surface area contributed by atoms with Crippen LogP contribution in [0, 0.1) is 0 Å². The van der Waals surface area contributed by atoms with Crippen LogP contribution in [-0.2, 0) is 4.74 Å². The molecule has 3 rings (SSSR count). The molecule has 2 aromatic carbocycles. The van der Waals surface area contributed by atoms with Crippen LogP contribution in [0.3, 0.4) is 0 Å². The van der Waals surface area contributed by atoms with E-state index >= 15 is 0 Å². The van der Waals surface area contributed by atoms with E-state index in [1.54, 1.807) is 12.1 Å². The molecule has 132 valence electrons. The third-order valence-corrected chi connectivity index (χ3v) is 4.51. The number of rotatable bonds is 7. The zero-order valence-electron chi connectivity index (χ0n) is 14.6. The van der Waals surface area contributed by atoms with Gasteiger partial charge in [0.15, 0.2) is 0 Å². The SMILES string of the molecule is CC(CNC(=O)c1ccc(OCC2CCCO2)cc1)c1ccccc1. The zero-order valence-corrected chi connectivity index (χ0v) is 14.6. The molecule has 1 N–H and O–H groups in total. The third-order valence-electron chi connectivity index (χ3n) is 4.51. The van der Waals surface area contributed by atoms with Crippen LogP contribution in [0.4, 0.5) is 0 Å². The maximum absolute atomic E-state index is 12.3. The molecular weight excluding hydrogens is 314 g/mol. The molecule has 2 aromatic rings. The maximum atomic E-state index is 12.3. The normalized spacial score (nSPS) is 17.9. The van der Waals surface area contributed by atoms with Gasteiger partial charge >= 0.3 is 0 Å². The molecular formula is C21H25NO3. The van der Waals surface area contributed by atoms with Gasteiger partial charge in [-0.3, -0.25) is 4.79 Å². The Kier molecular flexibility index (Phi) is 6.07. The van der Waals surface area contributed by atoms with Crippen LogP contribution >= 0.6 is 0 Å². The van der Waals surface area contributed by atoms with Gasteiger partial charge in [-0.05, 0) is 48.6 Å². The highest BCUT2D eigenvalue weighted by Crippen LogP contribution is 2.17. The van der Waals surface area contributed by atoms with Crippen molar-refractivity contribution in [2.24, 2.45) is 0 Å². The predicted octanol–water partition coefficient (Wildman–Crippen LogP) is 3.78. The minimum atomic E-state index is -0.0616. The number of ether oxygens (including phenoxy) is 2. The van der Waals surface area contributed by atoms with Gasteiger partial charge in [-0.25, -0.2) is 0 Å². The number of benzene rings is 2. The Morgan fingerprint density at radius 2 is 1.96 bits per heavy atom. The summed E-state index contributed by atoms with van der Waals surface area (Å²) in [5, 5.41) is 2.99. The average Bonchev–Trinajstić information content (AvgIpc) is 3.19. The first-order valence-corrected chi connectivity index (χ1v) is 8.90. The molecule has 1 fully saturated rings. The van der Waals surface area contributed by atoms with Crippen molar-refractivity contribution in [1.29, 1.82) is 0 Å². The van der Waals surface area contributed by atoms with E-state index in [1.807, 2.05) is 30.3 Å². The smallest absolute Gasteiger partial charge is 0.251 e. The summed E-state index contributed by atoms with van der Waals surface area (Å²) >= 11 is 0. The van der Waals surface area contributed by atoms with Crippen molar-refractivity contribution in [3.63, 3.8) is 0 Å². The summed E-state index contributed by atoms with van der Waals surface area (Å²) in [4.78, 5) is 12.3. The largest absolute Gasteiger partial charge is 0.491 e. The van der Waals surface area contributed by atoms with Crippen molar-refractivity contribution >= 4 is 5.91 Å². The Balaban J connectivity index is 1.47. The molecule has 0 aliphatic carbocycles. The van der Waals surface area contributed by atoms with E-state index in [-0.39, 0.29) is 17.9 Å². The fourth-order valence-electron chi connectivity index (χ4n) is 2.91. The van der Waals surface area contributed by atoms with Crippen LogP contribution in [0.15, 0.2) is 54.6 Å². The number of carbonyl (C=O) groups excluding carboxylic acids is 1. The lowest BCUT2D eigenvalue weighted by molar-refractivity contribution is 0.0679. The van der Waals surface area contributed by atoms with E-state index in [1.165, 1.54) is 5.56 Å². The highest BCUT2D eigenvalue weighted by atomic mass is 16.5. The molecule has 0 bridgehead atoms. The molecule has 1 aliphatic heterocycles. The number of hydrogen-bond acceptors (Lipinski definition) is 3. The molecule has 4 heteroatoms. The fraction of sp³-hybridized carbons (Fsp3) is 0.381. The Labute approximate surface area is 149 Å². The summed E-state index contributed by atoms with van der Waals surface area (Å²) in [5.41, 5.74) is 1.87. The first-order valence-electron chi connectivity index (χ1n) is 8.90. The number of hydrogen-bond donors (Lipinski definition) is 1. The van der Waals surface area contributed by atoms with Gasteiger partial charge in [0.2, 0.25) is 0 Å². The number of nitrogens with one attached hydrogen (secondary N) is 1. The molecule has 0 saturated carbocycles. The first-order chi connectivity index (χ1) is 12.2. The van der Waals surface area contributed by atoms with Crippen molar-refractivity contribution in [2.75, 3.05) is 19.8 Å². The number of amides is 1. The summed E-state index contributed by atoms with van der Waals surface area (Å²) in [5.74, 6) is 0.984. The minimum absolute atomic E-state index is 0.0616. The Morgan fingerprint density at radius 1 is 1.20 bits per heavy atom. The molecule has 0 radical (unpaired) electrons. The van der Waals surface area contributed by atoms with Crippen molar-refractivity contribution in [1.82, 2.24) is 5.32 Å². The average molecular weight is 339 g/mol. The molecule has 1 amide bonds. The molecule has 1 heterocycles. The van der Waals surface area contributed by atoms with E-state index in [4.69, 9.17) is 9.47 Å². The van der Waals surface area contributed by atoms with Crippen LogP contribution in [0.1, 0.15) is 41.6 Å². The van der Waals surface area contributed by atoms with Crippen molar-refractivity contribution in [2.45, 2.75) is 31.8 Å². The first kappa shape index (κ1) is 17.5. The molecule has 1 saturated heterocycles. The molecule has 2 atom stereocenters. The van der Waals surface area contributed by atoms with Gasteiger partial charge in [-0.2, -0.15) is 0 Å². The molecule has 0 aromatic heterocycles. The number of carbonyl (C=O) groups is 1. The van der Waals surface area contributed by atoms with Crippen LogP contribution < -0.4 is 10.1 Å². The van der Waals surface area contributed by atoms with Crippen LogP contribution in [0.5, 0.6) is 5.75 Å². The van der Waals surface area contributed by atoms with Gasteiger partial charge in [0.1, 0.15) is 12.4 Å². The Bertz CT molecular complexity index is 663. The Hall–Kier alpha value is -2.33. The van der Waals surface area contributed by atoms with Crippen LogP contribution in [0.2, 0.25) is 0 Å². The van der Waals surface area contributed by atoms with Crippen molar-refractivity contribution in [3.05, 3.63) is 65.7 Å². The van der Waals surface area contributed by atoms with Crippen LogP contribution in [-0.4, -0.2) is 31.8 Å². The second-order valence-electron chi connectivity index (χ2n) is 6.49. The van der Waals surface area contributed by atoms with Gasteiger partial charge in [-0.15, -0.1) is 0 Å². The Morgan fingerprint density at radius 3 is 2.64 bits per heavy atom. The van der Waals surface area contributed by atoms with Gasteiger partial charge < -0.3 is 14.8 Å². The van der Waals surface area contributed by atoms with Gasteiger partial charge in [-0.1, -0.05) is 37.3 Å². The van der Waals surface area contributed by atoms with E-state index in [0.29, 0.717) is 18.7 Å². The van der Waals surface area contributed by atoms with Gasteiger partial charge in [0.05, 0.1) is 6.10 Å². The zero-order chi connectivity index (χ0) is 17.5. The molecule has 4 nitrogen and oxygen atoms in total. The molecule has 1 aliphatic rings. The lowest BCUT2D eigenvalue weighted by Gasteiger charge is -2.14. The summed E-state index contributed by atoms with van der Waals surface area (Å²) in [6, 6.07) is 17.5. The van der Waals surface area contributed by atoms with E-state index < -0.39 is 0 Å². The summed E-state index contributed by atoms with van der Waals surface area (Å²) in [6.45, 7) is 4.12. The predicted molar refractivity (Wildman–Crippen MR) is 98.1 cm³/mol. The molecule has 0 spiro atoms. The summed E-state index contributed by atoms with van der Waals surface area (Å²) < 4.78 is 11.3. The molecule has 25 heavy (non-hydrogen) atoms. The fourth-order valence-corrected chi connectivity index (χ4v) is 2.91. The molecule has 2 unspecified atom stereocenters. The van der Waals surface area contributed by atoms with E-state index in [9.17, 15) is 4.79 Å². The second-order valence-corrected chi connectivity index (χ2v) is 6.49. The third kappa shape index (κ3) is 5.07. The lowest BCUT2D eigenvalue weighted by atomic mass is 10.0. The quantitative estimate of drug-likeness (QED) is 0.835. The maximum Gasteiger partial charge on any atom is 0.251 e. The topological polar surface area (TPSA) is 47.6 Å². The highest BCUT2D eigenvalue weighted by molar-refractivity contribution is 5.94. The summed E-state index contributed by atoms with van der Waals surface area (Å²) in [6.07, 6.45) is 2.36. The van der Waals surface area contributed by atoms with E-state index in [2.05, 4.69) is 24.4 Å². The standard InChI is InChI=1S/C21H25NO3/c1-16(17-6-3-2-4-7-17)14-22-21(23)18-9-11-19(12-10-18)25-15-20-8-5-13-24-20/h2-4,6-7,9-12,16,20H,5,8,13-15H2,1H3,(H,22,23). The van der Waals surface area contributed by atoms with Crippen molar-refractivity contribution in [3.8, 4) is 5.75 Å². The summed E-state index contributed by atoms with van der Waals surface area (Å²) in [7, 11) is 0. The minimum Gasteiger partial charge on any atom is -0.491 e. The van der Waals surface area contributed by atoms with Crippen molar-refractivity contribution < 1.29 is 14.3 Å². The monoisotopic (exact) mass is 339 g/mol. The highest BCUT2D eigenvalue weighted by Gasteiger charge is 2.16.